The second-order valence-corrected chi connectivity index (χ2v) is 6.16. The summed E-state index contributed by atoms with van der Waals surface area (Å²) in [6.07, 6.45) is 1.14. The van der Waals surface area contributed by atoms with Gasteiger partial charge in [0.2, 0.25) is 0 Å². The Balaban J connectivity index is 1.69. The van der Waals surface area contributed by atoms with Crippen LogP contribution < -0.4 is 5.32 Å². The lowest BCUT2D eigenvalue weighted by atomic mass is 9.99. The van der Waals surface area contributed by atoms with E-state index in [2.05, 4.69) is 5.32 Å². The molecule has 6 nitrogen and oxygen atoms in total. The SMILES string of the molecule is O=C(NC1(C(=O)O)CCOC1)N1CCc2sccc2C1. The largest absolute Gasteiger partial charge is 0.479 e. The Morgan fingerprint density at radius 3 is 3.05 bits per heavy atom. The Labute approximate surface area is 120 Å². The van der Waals surface area contributed by atoms with Crippen molar-refractivity contribution >= 4 is 23.3 Å². The maximum atomic E-state index is 12.3. The van der Waals surface area contributed by atoms with E-state index in [1.54, 1.807) is 16.2 Å². The zero-order valence-electron chi connectivity index (χ0n) is 10.9. The number of carbonyl (C=O) groups excluding carboxylic acids is 1. The van der Waals surface area contributed by atoms with Crippen LogP contribution >= 0.6 is 11.3 Å². The maximum Gasteiger partial charge on any atom is 0.332 e. The summed E-state index contributed by atoms with van der Waals surface area (Å²) in [4.78, 5) is 26.7. The summed E-state index contributed by atoms with van der Waals surface area (Å²) >= 11 is 1.70. The van der Waals surface area contributed by atoms with Crippen LogP contribution in [0.4, 0.5) is 4.79 Å². The van der Waals surface area contributed by atoms with Gasteiger partial charge in [0.25, 0.3) is 0 Å². The molecular weight excluding hydrogens is 280 g/mol. The standard InChI is InChI=1S/C13H16N2O4S/c16-11(17)13(3-5-19-8-13)14-12(18)15-4-1-10-9(7-15)2-6-20-10/h2,6H,1,3-5,7-8H2,(H,14,18)(H,16,17). The number of rotatable bonds is 2. The van der Waals surface area contributed by atoms with Crippen LogP contribution in [0.25, 0.3) is 0 Å². The molecule has 2 N–H and O–H groups in total. The highest BCUT2D eigenvalue weighted by atomic mass is 32.1. The van der Waals surface area contributed by atoms with Crippen LogP contribution in [0.3, 0.4) is 0 Å². The Kier molecular flexibility index (Phi) is 3.39. The van der Waals surface area contributed by atoms with Crippen LogP contribution in [-0.2, 0) is 22.5 Å². The number of carboxylic acids is 1. The number of thiophene rings is 1. The number of ether oxygens (including phenoxy) is 1. The molecule has 0 bridgehead atoms. The number of carbonyl (C=O) groups is 2. The molecule has 3 heterocycles. The predicted molar refractivity (Wildman–Crippen MR) is 72.8 cm³/mol. The third-order valence-corrected chi connectivity index (χ3v) is 4.90. The van der Waals surface area contributed by atoms with E-state index < -0.39 is 11.5 Å². The van der Waals surface area contributed by atoms with Crippen molar-refractivity contribution in [1.29, 1.82) is 0 Å². The van der Waals surface area contributed by atoms with E-state index in [-0.39, 0.29) is 12.6 Å². The minimum atomic E-state index is -1.27. The zero-order chi connectivity index (χ0) is 14.2. The van der Waals surface area contributed by atoms with Crippen molar-refractivity contribution in [2.24, 2.45) is 0 Å². The fourth-order valence-corrected chi connectivity index (χ4v) is 3.48. The fourth-order valence-electron chi connectivity index (χ4n) is 2.59. The third kappa shape index (κ3) is 2.27. The number of carboxylic acid groups (broad SMARTS) is 1. The number of nitrogens with zero attached hydrogens (tertiary/aromatic N) is 1. The first kappa shape index (κ1) is 13.4. The second-order valence-electron chi connectivity index (χ2n) is 5.16. The van der Waals surface area contributed by atoms with E-state index >= 15 is 0 Å². The van der Waals surface area contributed by atoms with Gasteiger partial charge in [0.15, 0.2) is 5.54 Å². The van der Waals surface area contributed by atoms with Crippen LogP contribution in [0.15, 0.2) is 11.4 Å². The fraction of sp³-hybridized carbons (Fsp3) is 0.538. The molecule has 1 aromatic rings. The molecule has 0 radical (unpaired) electrons. The summed E-state index contributed by atoms with van der Waals surface area (Å²) < 4.78 is 5.14. The van der Waals surface area contributed by atoms with Gasteiger partial charge in [-0.3, -0.25) is 0 Å². The molecule has 2 aliphatic rings. The molecule has 2 aliphatic heterocycles. The Bertz CT molecular complexity index is 536. The number of urea groups is 1. The molecule has 108 valence electrons. The van der Waals surface area contributed by atoms with Gasteiger partial charge in [0.1, 0.15) is 0 Å². The van der Waals surface area contributed by atoms with Gasteiger partial charge in [-0.1, -0.05) is 0 Å². The minimum Gasteiger partial charge on any atom is -0.479 e. The Morgan fingerprint density at radius 1 is 1.50 bits per heavy atom. The van der Waals surface area contributed by atoms with Crippen molar-refractivity contribution in [2.45, 2.75) is 24.9 Å². The quantitative estimate of drug-likeness (QED) is 0.855. The highest BCUT2D eigenvalue weighted by molar-refractivity contribution is 7.10. The Hall–Kier alpha value is -1.60. The van der Waals surface area contributed by atoms with Crippen molar-refractivity contribution in [3.8, 4) is 0 Å². The lowest BCUT2D eigenvalue weighted by Crippen LogP contribution is -2.58. The summed E-state index contributed by atoms with van der Waals surface area (Å²) in [6.45, 7) is 1.56. The number of nitrogens with one attached hydrogen (secondary N) is 1. The number of fused-ring (bicyclic) bond motifs is 1. The molecule has 1 atom stereocenters. The second kappa shape index (κ2) is 5.06. The molecule has 0 aromatic carbocycles. The van der Waals surface area contributed by atoms with Crippen molar-refractivity contribution in [3.05, 3.63) is 21.9 Å². The number of amides is 2. The number of aliphatic carboxylic acids is 1. The summed E-state index contributed by atoms with van der Waals surface area (Å²) in [5.41, 5.74) is -0.116. The van der Waals surface area contributed by atoms with Crippen molar-refractivity contribution in [1.82, 2.24) is 10.2 Å². The van der Waals surface area contributed by atoms with Gasteiger partial charge >= 0.3 is 12.0 Å². The molecule has 1 saturated heterocycles. The first-order chi connectivity index (χ1) is 9.61. The topological polar surface area (TPSA) is 78.9 Å². The lowest BCUT2D eigenvalue weighted by Gasteiger charge is -2.31. The number of hydrogen-bond acceptors (Lipinski definition) is 4. The van der Waals surface area contributed by atoms with E-state index in [0.717, 1.165) is 12.0 Å². The van der Waals surface area contributed by atoms with Gasteiger partial charge < -0.3 is 20.1 Å². The van der Waals surface area contributed by atoms with Crippen molar-refractivity contribution < 1.29 is 19.4 Å². The normalized spacial score (nSPS) is 25.3. The van der Waals surface area contributed by atoms with Crippen LogP contribution in [0.1, 0.15) is 16.9 Å². The minimum absolute atomic E-state index is 0.0333. The zero-order valence-corrected chi connectivity index (χ0v) is 11.7. The molecule has 1 aromatic heterocycles. The van der Waals surface area contributed by atoms with Gasteiger partial charge in [-0.25, -0.2) is 9.59 Å². The molecular formula is C13H16N2O4S. The molecule has 0 spiro atoms. The van der Waals surface area contributed by atoms with Gasteiger partial charge in [0, 0.05) is 31.0 Å². The van der Waals surface area contributed by atoms with Crippen LogP contribution in [0, 0.1) is 0 Å². The summed E-state index contributed by atoms with van der Waals surface area (Å²) in [6, 6.07) is 1.69. The highest BCUT2D eigenvalue weighted by Crippen LogP contribution is 2.25. The van der Waals surface area contributed by atoms with Gasteiger partial charge in [0.05, 0.1) is 6.61 Å². The maximum absolute atomic E-state index is 12.3. The lowest BCUT2D eigenvalue weighted by molar-refractivity contribution is -0.144. The number of hydrogen-bond donors (Lipinski definition) is 2. The first-order valence-electron chi connectivity index (χ1n) is 6.54. The molecule has 3 rings (SSSR count). The average molecular weight is 296 g/mol. The van der Waals surface area contributed by atoms with Crippen LogP contribution in [0.5, 0.6) is 0 Å². The molecule has 1 unspecified atom stereocenters. The van der Waals surface area contributed by atoms with Gasteiger partial charge in [-0.2, -0.15) is 0 Å². The molecule has 7 heteroatoms. The monoisotopic (exact) mass is 296 g/mol. The Morgan fingerprint density at radius 2 is 2.35 bits per heavy atom. The van der Waals surface area contributed by atoms with Crippen LogP contribution in [0.2, 0.25) is 0 Å². The molecule has 2 amide bonds. The highest BCUT2D eigenvalue weighted by Gasteiger charge is 2.44. The summed E-state index contributed by atoms with van der Waals surface area (Å²) in [7, 11) is 0. The smallest absolute Gasteiger partial charge is 0.332 e. The molecule has 0 saturated carbocycles. The van der Waals surface area contributed by atoms with E-state index in [4.69, 9.17) is 4.74 Å². The third-order valence-electron chi connectivity index (χ3n) is 3.87. The summed E-state index contributed by atoms with van der Waals surface area (Å²) in [5.74, 6) is -1.03. The van der Waals surface area contributed by atoms with Gasteiger partial charge in [-0.15, -0.1) is 11.3 Å². The van der Waals surface area contributed by atoms with E-state index in [1.807, 2.05) is 11.4 Å². The van der Waals surface area contributed by atoms with Crippen molar-refractivity contribution in [2.75, 3.05) is 19.8 Å². The van der Waals surface area contributed by atoms with E-state index in [1.165, 1.54) is 4.88 Å². The van der Waals surface area contributed by atoms with E-state index in [0.29, 0.717) is 26.1 Å². The molecule has 1 fully saturated rings. The molecule has 20 heavy (non-hydrogen) atoms. The van der Waals surface area contributed by atoms with Crippen LogP contribution in [-0.4, -0.2) is 47.3 Å². The molecule has 0 aliphatic carbocycles. The van der Waals surface area contributed by atoms with Gasteiger partial charge in [-0.05, 0) is 23.4 Å². The summed E-state index contributed by atoms with van der Waals surface area (Å²) in [5, 5.41) is 14.0. The average Bonchev–Trinajstić information content (AvgIpc) is 3.06. The first-order valence-corrected chi connectivity index (χ1v) is 7.42. The predicted octanol–water partition coefficient (Wildman–Crippen LogP) is 1.06. The van der Waals surface area contributed by atoms with Crippen molar-refractivity contribution in [3.63, 3.8) is 0 Å². The van der Waals surface area contributed by atoms with E-state index in [9.17, 15) is 14.7 Å².